The molecule has 240 valence electrons. The van der Waals surface area contributed by atoms with Crippen molar-refractivity contribution in [2.75, 3.05) is 57.2 Å². The molecule has 1 N–H and O–H groups in total. The van der Waals surface area contributed by atoms with Crippen LogP contribution >= 0.6 is 0 Å². The molecule has 0 atom stereocenters. The predicted molar refractivity (Wildman–Crippen MR) is 171 cm³/mol. The van der Waals surface area contributed by atoms with Gasteiger partial charge in [-0.15, -0.1) is 0 Å². The fourth-order valence-electron chi connectivity index (χ4n) is 7.14. The Morgan fingerprint density at radius 2 is 1.62 bits per heavy atom. The van der Waals surface area contributed by atoms with Gasteiger partial charge in [-0.1, -0.05) is 36.4 Å². The summed E-state index contributed by atoms with van der Waals surface area (Å²) in [7, 11) is 0. The fraction of sp³-hybridized carbons (Fsp3) is 0.543. The van der Waals surface area contributed by atoms with Crippen molar-refractivity contribution in [3.05, 3.63) is 65.2 Å². The maximum atomic E-state index is 13.5. The number of imide groups is 1. The number of aryl methyl sites for hydroxylation is 1. The van der Waals surface area contributed by atoms with Gasteiger partial charge in [0.25, 0.3) is 5.91 Å². The molecular formula is C35H45N5O5. The number of anilines is 1. The number of hydrogen-bond donors (Lipinski definition) is 1. The number of benzene rings is 2. The number of rotatable bonds is 6. The van der Waals surface area contributed by atoms with Crippen LogP contribution in [0.15, 0.2) is 48.5 Å². The molecule has 10 heteroatoms. The van der Waals surface area contributed by atoms with E-state index in [1.807, 2.05) is 53.1 Å². The first kappa shape index (κ1) is 28.5. The second-order valence-corrected chi connectivity index (χ2v) is 13.0. The van der Waals surface area contributed by atoms with Gasteiger partial charge in [0.2, 0.25) is 5.91 Å². The molecule has 0 aromatic heterocycles. The average Bonchev–Trinajstić information content (AvgIpc) is 3.08. The van der Waals surface area contributed by atoms with Crippen LogP contribution in [0, 0.1) is 18.3 Å². The third kappa shape index (κ3) is 7.32. The van der Waals surface area contributed by atoms with Crippen molar-refractivity contribution in [2.45, 2.75) is 58.5 Å². The molecule has 2 aromatic rings. The minimum atomic E-state index is -1.44. The number of piperazine rings is 1. The number of hydrogen-bond acceptors (Lipinski definition) is 6. The number of urea groups is 1. The summed E-state index contributed by atoms with van der Waals surface area (Å²) in [5.41, 5.74) is 3.11. The van der Waals surface area contributed by atoms with Gasteiger partial charge >= 0.3 is 12.1 Å². The van der Waals surface area contributed by atoms with E-state index in [-0.39, 0.29) is 48.8 Å². The smallest absolute Gasteiger partial charge is 0.410 e. The Morgan fingerprint density at radius 3 is 2.31 bits per heavy atom. The van der Waals surface area contributed by atoms with Gasteiger partial charge in [0.05, 0.1) is 0 Å². The number of piperidine rings is 1. The van der Waals surface area contributed by atoms with Crippen molar-refractivity contribution in [3.63, 3.8) is 0 Å². The summed E-state index contributed by atoms with van der Waals surface area (Å²) in [4.78, 5) is 57.2. The predicted octanol–water partition coefficient (Wildman–Crippen LogP) is 4.81. The Morgan fingerprint density at radius 1 is 0.911 bits per heavy atom. The van der Waals surface area contributed by atoms with Gasteiger partial charge < -0.3 is 14.5 Å². The zero-order chi connectivity index (χ0) is 33.2. The SMILES string of the molecule is [2H]C([2H])(C1CCC2(CC1)CCN(C(=O)c1ccc(C)c(N3CCC(=O)NC3=O)c1)CC2)N1CCN(C(=O)OCc2ccccc2)CC1. The van der Waals surface area contributed by atoms with Crippen molar-refractivity contribution >= 4 is 29.6 Å². The summed E-state index contributed by atoms with van der Waals surface area (Å²) in [6.45, 7) is 4.12. The van der Waals surface area contributed by atoms with E-state index < -0.39 is 12.5 Å². The summed E-state index contributed by atoms with van der Waals surface area (Å²) in [6.07, 6.45) is 5.17. The number of carbonyl (C=O) groups excluding carboxylic acids is 4. The van der Waals surface area contributed by atoms with Crippen LogP contribution in [0.2, 0.25) is 0 Å². The highest BCUT2D eigenvalue weighted by Gasteiger charge is 2.40. The third-order valence-corrected chi connectivity index (χ3v) is 10.1. The Kier molecular flexibility index (Phi) is 8.63. The molecule has 4 aliphatic rings. The van der Waals surface area contributed by atoms with Crippen LogP contribution in [-0.2, 0) is 16.1 Å². The van der Waals surface area contributed by atoms with E-state index in [1.165, 1.54) is 4.90 Å². The monoisotopic (exact) mass is 617 g/mol. The summed E-state index contributed by atoms with van der Waals surface area (Å²) >= 11 is 0. The minimum Gasteiger partial charge on any atom is -0.445 e. The van der Waals surface area contributed by atoms with Crippen LogP contribution in [-0.4, -0.2) is 90.9 Å². The van der Waals surface area contributed by atoms with Gasteiger partial charge in [-0.3, -0.25) is 24.7 Å². The lowest BCUT2D eigenvalue weighted by atomic mass is 9.65. The molecule has 6 rings (SSSR count). The zero-order valence-corrected chi connectivity index (χ0v) is 26.1. The van der Waals surface area contributed by atoms with Crippen molar-refractivity contribution < 1.29 is 26.7 Å². The van der Waals surface area contributed by atoms with Gasteiger partial charge in [-0.25, -0.2) is 9.59 Å². The van der Waals surface area contributed by atoms with Crippen LogP contribution in [0.25, 0.3) is 0 Å². The van der Waals surface area contributed by atoms with E-state index in [1.54, 1.807) is 17.0 Å². The molecule has 1 spiro atoms. The molecule has 3 saturated heterocycles. The lowest BCUT2D eigenvalue weighted by Crippen LogP contribution is -2.50. The van der Waals surface area contributed by atoms with Crippen molar-refractivity contribution in [2.24, 2.45) is 11.3 Å². The van der Waals surface area contributed by atoms with E-state index in [4.69, 9.17) is 7.48 Å². The maximum Gasteiger partial charge on any atom is 0.410 e. The Balaban J connectivity index is 0.974. The number of nitrogens with zero attached hydrogens (tertiary/aromatic N) is 4. The number of carbonyl (C=O) groups is 4. The number of amides is 5. The standard InChI is InChI=1S/C35H45N5O5/c1-26-7-8-29(23-30(26)40-16-11-31(41)36-33(40)43)32(42)38-17-14-35(15-18-38)12-9-27(10-13-35)24-37-19-21-39(22-20-37)34(44)45-25-28-5-3-2-4-6-28/h2-8,23,27H,9-22,24-25H2,1H3,(H,36,41,43)/i24D2. The quantitative estimate of drug-likeness (QED) is 0.500. The summed E-state index contributed by atoms with van der Waals surface area (Å²) in [5.74, 6) is -0.416. The molecule has 1 saturated carbocycles. The topological polar surface area (TPSA) is 102 Å². The highest BCUT2D eigenvalue weighted by atomic mass is 16.6. The van der Waals surface area contributed by atoms with Crippen LogP contribution in [0.5, 0.6) is 0 Å². The fourth-order valence-corrected chi connectivity index (χ4v) is 7.14. The molecule has 0 radical (unpaired) electrons. The molecular weight excluding hydrogens is 570 g/mol. The third-order valence-electron chi connectivity index (χ3n) is 10.1. The molecule has 45 heavy (non-hydrogen) atoms. The van der Waals surface area contributed by atoms with Gasteiger partial charge in [0.15, 0.2) is 0 Å². The maximum absolute atomic E-state index is 13.5. The molecule has 4 fully saturated rings. The number of ether oxygens (including phenoxy) is 1. The summed E-state index contributed by atoms with van der Waals surface area (Å²) in [5, 5.41) is 2.35. The highest BCUT2D eigenvalue weighted by Crippen LogP contribution is 2.46. The molecule has 10 nitrogen and oxygen atoms in total. The van der Waals surface area contributed by atoms with Crippen LogP contribution < -0.4 is 10.2 Å². The molecule has 3 aliphatic heterocycles. The zero-order valence-electron chi connectivity index (χ0n) is 28.1. The first-order chi connectivity index (χ1) is 22.5. The molecule has 3 heterocycles. The van der Waals surface area contributed by atoms with Crippen molar-refractivity contribution in [1.82, 2.24) is 20.0 Å². The molecule has 1 aliphatic carbocycles. The second-order valence-electron chi connectivity index (χ2n) is 13.0. The lowest BCUT2D eigenvalue weighted by molar-refractivity contribution is -0.120. The summed E-state index contributed by atoms with van der Waals surface area (Å²) < 4.78 is 23.6. The van der Waals surface area contributed by atoms with Gasteiger partial charge in [0, 0.05) is 72.7 Å². The van der Waals surface area contributed by atoms with Gasteiger partial charge in [-0.05, 0) is 80.0 Å². The van der Waals surface area contributed by atoms with Gasteiger partial charge in [-0.2, -0.15) is 0 Å². The van der Waals surface area contributed by atoms with Crippen LogP contribution in [0.4, 0.5) is 15.3 Å². The summed E-state index contributed by atoms with van der Waals surface area (Å²) in [6, 6.07) is 14.5. The van der Waals surface area contributed by atoms with E-state index in [0.717, 1.165) is 49.7 Å². The number of likely N-dealkylation sites (tertiary alicyclic amines) is 1. The lowest BCUT2D eigenvalue weighted by Gasteiger charge is -2.47. The first-order valence-electron chi connectivity index (χ1n) is 17.3. The van der Waals surface area contributed by atoms with E-state index >= 15 is 0 Å². The highest BCUT2D eigenvalue weighted by molar-refractivity contribution is 6.06. The van der Waals surface area contributed by atoms with E-state index in [9.17, 15) is 19.2 Å². The largest absolute Gasteiger partial charge is 0.445 e. The molecule has 2 aromatic carbocycles. The molecule has 0 bridgehead atoms. The van der Waals surface area contributed by atoms with Crippen molar-refractivity contribution in [3.8, 4) is 0 Å². The van der Waals surface area contributed by atoms with E-state index in [0.29, 0.717) is 50.5 Å². The number of nitrogens with one attached hydrogen (secondary N) is 1. The van der Waals surface area contributed by atoms with Crippen LogP contribution in [0.1, 0.15) is 69.2 Å². The van der Waals surface area contributed by atoms with E-state index in [2.05, 4.69) is 5.32 Å². The molecule has 0 unspecified atom stereocenters. The Hall–Kier alpha value is -3.92. The van der Waals surface area contributed by atoms with Gasteiger partial charge in [0.1, 0.15) is 6.61 Å². The minimum absolute atomic E-state index is 0.0531. The molecule has 5 amide bonds. The van der Waals surface area contributed by atoms with Crippen LogP contribution in [0.3, 0.4) is 0 Å². The second kappa shape index (κ2) is 13.6. The Bertz CT molecular complexity index is 1480. The average molecular weight is 618 g/mol. The Labute approximate surface area is 268 Å². The first-order valence-corrected chi connectivity index (χ1v) is 16.3. The van der Waals surface area contributed by atoms with Crippen molar-refractivity contribution in [1.29, 1.82) is 0 Å². The normalized spacial score (nSPS) is 22.1.